The third-order valence-corrected chi connectivity index (χ3v) is 2.34. The first-order valence-corrected chi connectivity index (χ1v) is 6.35. The van der Waals surface area contributed by atoms with Crippen molar-refractivity contribution in [2.75, 3.05) is 25.0 Å². The van der Waals surface area contributed by atoms with E-state index in [-0.39, 0.29) is 5.91 Å². The lowest BCUT2D eigenvalue weighted by atomic mass is 10.3. The molecule has 3 N–H and O–H groups in total. The van der Waals surface area contributed by atoms with Crippen molar-refractivity contribution in [3.8, 4) is 0 Å². The van der Waals surface area contributed by atoms with E-state index in [0.29, 0.717) is 18.3 Å². The van der Waals surface area contributed by atoms with Gasteiger partial charge in [0.15, 0.2) is 0 Å². The van der Waals surface area contributed by atoms with Gasteiger partial charge in [0, 0.05) is 37.6 Å². The van der Waals surface area contributed by atoms with Crippen LogP contribution in [0.4, 0.5) is 5.69 Å². The molecule has 0 aromatic carbocycles. The smallest absolute Gasteiger partial charge is 0.269 e. The molecule has 0 aliphatic rings. The summed E-state index contributed by atoms with van der Waals surface area (Å²) in [6.45, 7) is 8.42. The van der Waals surface area contributed by atoms with Gasteiger partial charge in [-0.3, -0.25) is 9.78 Å². The Hall–Kier alpha value is -1.62. The second-order valence-electron chi connectivity index (χ2n) is 4.32. The van der Waals surface area contributed by atoms with Crippen LogP contribution in [0.1, 0.15) is 31.3 Å². The molecule has 5 nitrogen and oxygen atoms in total. The van der Waals surface area contributed by atoms with Gasteiger partial charge < -0.3 is 16.0 Å². The average molecular weight is 250 g/mol. The van der Waals surface area contributed by atoms with Crippen LogP contribution in [-0.4, -0.2) is 36.6 Å². The van der Waals surface area contributed by atoms with Crippen molar-refractivity contribution >= 4 is 11.6 Å². The van der Waals surface area contributed by atoms with Crippen molar-refractivity contribution in [1.29, 1.82) is 0 Å². The first-order valence-electron chi connectivity index (χ1n) is 6.35. The van der Waals surface area contributed by atoms with E-state index in [2.05, 4.69) is 34.8 Å². The van der Waals surface area contributed by atoms with Gasteiger partial charge in [0.1, 0.15) is 5.69 Å². The molecule has 0 aliphatic heterocycles. The minimum absolute atomic E-state index is 0.138. The Bertz CT molecular complexity index is 379. The fraction of sp³-hybridized carbons (Fsp3) is 0.538. The standard InChI is InChI=1S/C13H22N4O/c1-4-14-13(18)12-9-11(5-6-17-12)16-8-7-15-10(2)3/h5-6,9-10,15H,4,7-8H2,1-3H3,(H,14,18)(H,16,17). The van der Waals surface area contributed by atoms with Gasteiger partial charge in [-0.1, -0.05) is 13.8 Å². The Kier molecular flexibility index (Phi) is 6.14. The van der Waals surface area contributed by atoms with Gasteiger partial charge in [0.25, 0.3) is 5.91 Å². The summed E-state index contributed by atoms with van der Waals surface area (Å²) in [6.07, 6.45) is 1.64. The van der Waals surface area contributed by atoms with E-state index in [1.54, 1.807) is 12.3 Å². The number of nitrogens with zero attached hydrogens (tertiary/aromatic N) is 1. The molecule has 1 heterocycles. The van der Waals surface area contributed by atoms with Crippen LogP contribution in [0.25, 0.3) is 0 Å². The fourth-order valence-corrected chi connectivity index (χ4v) is 1.48. The fourth-order valence-electron chi connectivity index (χ4n) is 1.48. The molecular weight excluding hydrogens is 228 g/mol. The Morgan fingerprint density at radius 3 is 2.83 bits per heavy atom. The lowest BCUT2D eigenvalue weighted by molar-refractivity contribution is 0.0951. The van der Waals surface area contributed by atoms with Crippen LogP contribution in [0.5, 0.6) is 0 Å². The van der Waals surface area contributed by atoms with Crippen molar-refractivity contribution in [2.24, 2.45) is 0 Å². The maximum absolute atomic E-state index is 11.6. The average Bonchev–Trinajstić information content (AvgIpc) is 2.35. The van der Waals surface area contributed by atoms with Crippen LogP contribution >= 0.6 is 0 Å². The molecule has 0 radical (unpaired) electrons. The number of anilines is 1. The van der Waals surface area contributed by atoms with E-state index in [4.69, 9.17) is 0 Å². The Balaban J connectivity index is 2.46. The Labute approximate surface area is 108 Å². The molecule has 0 unspecified atom stereocenters. The van der Waals surface area contributed by atoms with Crippen LogP contribution in [0.15, 0.2) is 18.3 Å². The van der Waals surface area contributed by atoms with E-state index in [0.717, 1.165) is 18.8 Å². The van der Waals surface area contributed by atoms with E-state index >= 15 is 0 Å². The Morgan fingerprint density at radius 2 is 2.17 bits per heavy atom. The maximum Gasteiger partial charge on any atom is 0.269 e. The molecule has 1 aromatic rings. The van der Waals surface area contributed by atoms with E-state index < -0.39 is 0 Å². The molecule has 0 bridgehead atoms. The van der Waals surface area contributed by atoms with Crippen LogP contribution in [0, 0.1) is 0 Å². The largest absolute Gasteiger partial charge is 0.384 e. The quantitative estimate of drug-likeness (QED) is 0.637. The Morgan fingerprint density at radius 1 is 1.39 bits per heavy atom. The highest BCUT2D eigenvalue weighted by Gasteiger charge is 2.05. The van der Waals surface area contributed by atoms with E-state index in [1.165, 1.54) is 0 Å². The molecule has 5 heteroatoms. The minimum Gasteiger partial charge on any atom is -0.384 e. The predicted octanol–water partition coefficient (Wildman–Crippen LogP) is 1.24. The topological polar surface area (TPSA) is 66.1 Å². The molecule has 0 spiro atoms. The summed E-state index contributed by atoms with van der Waals surface area (Å²) in [6, 6.07) is 4.11. The number of hydrogen-bond donors (Lipinski definition) is 3. The van der Waals surface area contributed by atoms with Crippen molar-refractivity contribution in [1.82, 2.24) is 15.6 Å². The van der Waals surface area contributed by atoms with Gasteiger partial charge in [-0.05, 0) is 19.1 Å². The highest BCUT2D eigenvalue weighted by Crippen LogP contribution is 2.07. The second-order valence-corrected chi connectivity index (χ2v) is 4.32. The monoisotopic (exact) mass is 250 g/mol. The summed E-state index contributed by atoms with van der Waals surface area (Å²) in [4.78, 5) is 15.6. The van der Waals surface area contributed by atoms with Gasteiger partial charge in [0.05, 0.1) is 0 Å². The van der Waals surface area contributed by atoms with Gasteiger partial charge in [-0.25, -0.2) is 0 Å². The lowest BCUT2D eigenvalue weighted by Crippen LogP contribution is -2.28. The van der Waals surface area contributed by atoms with Crippen LogP contribution in [-0.2, 0) is 0 Å². The third kappa shape index (κ3) is 5.14. The number of carbonyl (C=O) groups is 1. The number of aromatic nitrogens is 1. The molecule has 100 valence electrons. The molecule has 0 atom stereocenters. The lowest BCUT2D eigenvalue weighted by Gasteiger charge is -2.10. The molecule has 0 aliphatic carbocycles. The second kappa shape index (κ2) is 7.66. The van der Waals surface area contributed by atoms with Crippen LogP contribution in [0.2, 0.25) is 0 Å². The van der Waals surface area contributed by atoms with Crippen molar-refractivity contribution in [3.63, 3.8) is 0 Å². The molecule has 0 fully saturated rings. The molecule has 1 rings (SSSR count). The zero-order valence-corrected chi connectivity index (χ0v) is 11.3. The molecular formula is C13H22N4O. The summed E-state index contributed by atoms with van der Waals surface area (Å²) >= 11 is 0. The minimum atomic E-state index is -0.138. The molecule has 0 saturated heterocycles. The number of amides is 1. The zero-order chi connectivity index (χ0) is 13.4. The van der Waals surface area contributed by atoms with Crippen molar-refractivity contribution in [2.45, 2.75) is 26.8 Å². The normalized spacial score (nSPS) is 10.4. The zero-order valence-electron chi connectivity index (χ0n) is 11.3. The third-order valence-electron chi connectivity index (χ3n) is 2.34. The first-order chi connectivity index (χ1) is 8.63. The number of pyridine rings is 1. The number of nitrogens with one attached hydrogen (secondary N) is 3. The van der Waals surface area contributed by atoms with E-state index in [9.17, 15) is 4.79 Å². The summed E-state index contributed by atoms with van der Waals surface area (Å²) in [5.41, 5.74) is 1.36. The SMILES string of the molecule is CCNC(=O)c1cc(NCCNC(C)C)ccn1. The summed E-state index contributed by atoms with van der Waals surface area (Å²) in [7, 11) is 0. The van der Waals surface area contributed by atoms with Crippen LogP contribution < -0.4 is 16.0 Å². The van der Waals surface area contributed by atoms with Gasteiger partial charge in [-0.2, -0.15) is 0 Å². The van der Waals surface area contributed by atoms with Gasteiger partial charge in [0.2, 0.25) is 0 Å². The summed E-state index contributed by atoms with van der Waals surface area (Å²) in [5, 5.41) is 9.30. The number of hydrogen-bond acceptors (Lipinski definition) is 4. The summed E-state index contributed by atoms with van der Waals surface area (Å²) in [5.74, 6) is -0.138. The highest BCUT2D eigenvalue weighted by atomic mass is 16.1. The predicted molar refractivity (Wildman–Crippen MR) is 73.9 cm³/mol. The molecule has 0 saturated carbocycles. The number of rotatable bonds is 7. The number of carbonyl (C=O) groups excluding carboxylic acids is 1. The molecule has 1 amide bonds. The molecule has 18 heavy (non-hydrogen) atoms. The van der Waals surface area contributed by atoms with E-state index in [1.807, 2.05) is 13.0 Å². The van der Waals surface area contributed by atoms with Gasteiger partial charge >= 0.3 is 0 Å². The summed E-state index contributed by atoms with van der Waals surface area (Å²) < 4.78 is 0. The van der Waals surface area contributed by atoms with Crippen molar-refractivity contribution in [3.05, 3.63) is 24.0 Å². The highest BCUT2D eigenvalue weighted by molar-refractivity contribution is 5.93. The van der Waals surface area contributed by atoms with Crippen molar-refractivity contribution < 1.29 is 4.79 Å². The molecule has 1 aromatic heterocycles. The maximum atomic E-state index is 11.6. The van der Waals surface area contributed by atoms with Crippen LogP contribution in [0.3, 0.4) is 0 Å². The first kappa shape index (κ1) is 14.4. The van der Waals surface area contributed by atoms with Gasteiger partial charge in [-0.15, -0.1) is 0 Å².